The molecule has 1 aromatic rings. The van der Waals surface area contributed by atoms with Crippen LogP contribution in [0.15, 0.2) is 30.3 Å². The van der Waals surface area contributed by atoms with Gasteiger partial charge in [0, 0.05) is 37.9 Å². The Labute approximate surface area is 113 Å². The molecule has 0 radical (unpaired) electrons. The molecule has 5 heteroatoms. The summed E-state index contributed by atoms with van der Waals surface area (Å²) >= 11 is 0. The highest BCUT2D eigenvalue weighted by atomic mass is 16.5. The second kappa shape index (κ2) is 6.36. The summed E-state index contributed by atoms with van der Waals surface area (Å²) in [6.45, 7) is 3.46. The fourth-order valence-electron chi connectivity index (χ4n) is 2.11. The molecule has 0 bridgehead atoms. The predicted octanol–water partition coefficient (Wildman–Crippen LogP) is 0.868. The molecule has 0 amide bonds. The van der Waals surface area contributed by atoms with E-state index in [0.29, 0.717) is 0 Å². The number of nitrogens with two attached hydrogens (primary N) is 1. The maximum Gasteiger partial charge on any atom is 0.330 e. The number of anilines is 1. The molecule has 0 saturated carbocycles. The maximum absolute atomic E-state index is 11.2. The van der Waals surface area contributed by atoms with Crippen LogP contribution in [0.2, 0.25) is 0 Å². The molecule has 1 saturated heterocycles. The Morgan fingerprint density at radius 2 is 1.95 bits per heavy atom. The van der Waals surface area contributed by atoms with Crippen LogP contribution in [0.25, 0.3) is 6.08 Å². The standard InChI is InChI=1S/C14H19N3O2/c1-19-14(18)7-6-12-4-2-3-5-13(12)16-8-10-17(15)11-9-16/h2-7H,8-11,15H2,1H3/b7-6+. The Kier molecular flexibility index (Phi) is 4.54. The van der Waals surface area contributed by atoms with Crippen LogP contribution < -0.4 is 10.7 Å². The van der Waals surface area contributed by atoms with Crippen LogP contribution in [0.3, 0.4) is 0 Å². The fourth-order valence-corrected chi connectivity index (χ4v) is 2.11. The number of hydrogen-bond donors (Lipinski definition) is 1. The first kappa shape index (κ1) is 13.6. The number of nitrogens with zero attached hydrogens (tertiary/aromatic N) is 2. The van der Waals surface area contributed by atoms with Crippen LogP contribution in [-0.4, -0.2) is 44.3 Å². The van der Waals surface area contributed by atoms with Crippen LogP contribution >= 0.6 is 0 Å². The molecule has 1 heterocycles. The van der Waals surface area contributed by atoms with Gasteiger partial charge >= 0.3 is 5.97 Å². The second-order valence-electron chi connectivity index (χ2n) is 4.44. The lowest BCUT2D eigenvalue weighted by Crippen LogP contribution is -2.49. The van der Waals surface area contributed by atoms with Crippen LogP contribution in [0.5, 0.6) is 0 Å². The monoisotopic (exact) mass is 261 g/mol. The van der Waals surface area contributed by atoms with Gasteiger partial charge in [-0.15, -0.1) is 0 Å². The van der Waals surface area contributed by atoms with Gasteiger partial charge in [0.2, 0.25) is 0 Å². The summed E-state index contributed by atoms with van der Waals surface area (Å²) in [4.78, 5) is 13.4. The van der Waals surface area contributed by atoms with Crippen molar-refractivity contribution in [1.29, 1.82) is 0 Å². The lowest BCUT2D eigenvalue weighted by atomic mass is 10.1. The number of carbonyl (C=O) groups is 1. The van der Waals surface area contributed by atoms with Gasteiger partial charge in [0.25, 0.3) is 0 Å². The molecule has 102 valence electrons. The minimum atomic E-state index is -0.346. The smallest absolute Gasteiger partial charge is 0.330 e. The van der Waals surface area contributed by atoms with Gasteiger partial charge < -0.3 is 9.64 Å². The summed E-state index contributed by atoms with van der Waals surface area (Å²) in [5.74, 6) is 5.42. The van der Waals surface area contributed by atoms with Gasteiger partial charge in [-0.05, 0) is 17.7 Å². The van der Waals surface area contributed by atoms with Crippen molar-refractivity contribution in [2.24, 2.45) is 5.84 Å². The molecule has 0 aromatic heterocycles. The Morgan fingerprint density at radius 1 is 1.26 bits per heavy atom. The van der Waals surface area contributed by atoms with Gasteiger partial charge in [0.05, 0.1) is 7.11 Å². The number of ether oxygens (including phenoxy) is 1. The molecule has 1 aromatic carbocycles. The van der Waals surface area contributed by atoms with E-state index in [-0.39, 0.29) is 5.97 Å². The van der Waals surface area contributed by atoms with E-state index in [1.165, 1.54) is 13.2 Å². The maximum atomic E-state index is 11.2. The van der Waals surface area contributed by atoms with Gasteiger partial charge in [0.1, 0.15) is 0 Å². The Morgan fingerprint density at radius 3 is 2.63 bits per heavy atom. The second-order valence-corrected chi connectivity index (χ2v) is 4.44. The zero-order valence-electron chi connectivity index (χ0n) is 11.1. The summed E-state index contributed by atoms with van der Waals surface area (Å²) in [6.07, 6.45) is 3.23. The van der Waals surface area contributed by atoms with E-state index in [1.807, 2.05) is 23.2 Å². The lowest BCUT2D eigenvalue weighted by Gasteiger charge is -2.34. The Balaban J connectivity index is 2.16. The van der Waals surface area contributed by atoms with Crippen LogP contribution in [0.4, 0.5) is 5.69 Å². The molecule has 1 aliphatic rings. The molecular formula is C14H19N3O2. The van der Waals surface area contributed by atoms with Gasteiger partial charge in [-0.1, -0.05) is 18.2 Å². The van der Waals surface area contributed by atoms with Gasteiger partial charge in [0.15, 0.2) is 0 Å². The molecule has 1 fully saturated rings. The summed E-state index contributed by atoms with van der Waals surface area (Å²) in [7, 11) is 1.37. The quantitative estimate of drug-likeness (QED) is 0.497. The summed E-state index contributed by atoms with van der Waals surface area (Å²) in [5, 5.41) is 1.82. The van der Waals surface area contributed by atoms with Gasteiger partial charge in [-0.3, -0.25) is 5.84 Å². The fraction of sp³-hybridized carbons (Fsp3) is 0.357. The van der Waals surface area contributed by atoms with Crippen molar-refractivity contribution < 1.29 is 9.53 Å². The number of hydrogen-bond acceptors (Lipinski definition) is 5. The van der Waals surface area contributed by atoms with Crippen molar-refractivity contribution >= 4 is 17.7 Å². The first-order valence-corrected chi connectivity index (χ1v) is 6.30. The van der Waals surface area contributed by atoms with E-state index in [4.69, 9.17) is 5.84 Å². The lowest BCUT2D eigenvalue weighted by molar-refractivity contribution is -0.134. The zero-order valence-corrected chi connectivity index (χ0v) is 11.1. The number of esters is 1. The molecule has 2 N–H and O–H groups in total. The number of piperazine rings is 1. The summed E-state index contributed by atoms with van der Waals surface area (Å²) in [6, 6.07) is 8.01. The van der Waals surface area contributed by atoms with E-state index in [1.54, 1.807) is 6.08 Å². The molecule has 0 spiro atoms. The van der Waals surface area contributed by atoms with Crippen LogP contribution in [-0.2, 0) is 9.53 Å². The van der Waals surface area contributed by atoms with E-state index in [9.17, 15) is 4.79 Å². The minimum absolute atomic E-state index is 0.346. The SMILES string of the molecule is COC(=O)/C=C/c1ccccc1N1CCN(N)CC1. The molecular weight excluding hydrogens is 242 g/mol. The van der Waals surface area contributed by atoms with Crippen molar-refractivity contribution in [3.63, 3.8) is 0 Å². The normalized spacial score (nSPS) is 16.8. The highest BCUT2D eigenvalue weighted by Crippen LogP contribution is 2.22. The number of methoxy groups -OCH3 is 1. The van der Waals surface area contributed by atoms with Crippen LogP contribution in [0, 0.1) is 0 Å². The number of benzene rings is 1. The van der Waals surface area contributed by atoms with Crippen molar-refractivity contribution in [1.82, 2.24) is 5.01 Å². The molecule has 0 unspecified atom stereocenters. The number of hydrazine groups is 1. The molecule has 19 heavy (non-hydrogen) atoms. The van der Waals surface area contributed by atoms with Crippen LogP contribution in [0.1, 0.15) is 5.56 Å². The third-order valence-electron chi connectivity index (χ3n) is 3.19. The largest absolute Gasteiger partial charge is 0.466 e. The third kappa shape index (κ3) is 3.56. The van der Waals surface area contributed by atoms with Crippen molar-refractivity contribution in [2.75, 3.05) is 38.2 Å². The van der Waals surface area contributed by atoms with E-state index >= 15 is 0 Å². The molecule has 0 atom stereocenters. The average Bonchev–Trinajstić information content (AvgIpc) is 2.46. The molecule has 5 nitrogen and oxygen atoms in total. The van der Waals surface area contributed by atoms with Gasteiger partial charge in [-0.2, -0.15) is 0 Å². The van der Waals surface area contributed by atoms with Crippen molar-refractivity contribution in [3.05, 3.63) is 35.9 Å². The minimum Gasteiger partial charge on any atom is -0.466 e. The highest BCUT2D eigenvalue weighted by molar-refractivity contribution is 5.88. The van der Waals surface area contributed by atoms with E-state index in [2.05, 4.69) is 15.7 Å². The Hall–Kier alpha value is -1.85. The number of rotatable bonds is 3. The first-order valence-electron chi connectivity index (χ1n) is 6.30. The summed E-state index contributed by atoms with van der Waals surface area (Å²) < 4.78 is 4.61. The first-order chi connectivity index (χ1) is 9.20. The molecule has 1 aliphatic heterocycles. The van der Waals surface area contributed by atoms with Crippen molar-refractivity contribution in [2.45, 2.75) is 0 Å². The third-order valence-corrected chi connectivity index (χ3v) is 3.19. The molecule has 2 rings (SSSR count). The van der Waals surface area contributed by atoms with E-state index < -0.39 is 0 Å². The molecule has 0 aliphatic carbocycles. The number of para-hydroxylation sites is 1. The highest BCUT2D eigenvalue weighted by Gasteiger charge is 2.16. The zero-order chi connectivity index (χ0) is 13.7. The predicted molar refractivity (Wildman–Crippen MR) is 75.5 cm³/mol. The topological polar surface area (TPSA) is 58.8 Å². The summed E-state index contributed by atoms with van der Waals surface area (Å²) in [5.41, 5.74) is 2.13. The van der Waals surface area contributed by atoms with Crippen molar-refractivity contribution in [3.8, 4) is 0 Å². The van der Waals surface area contributed by atoms with Gasteiger partial charge in [-0.25, -0.2) is 9.80 Å². The Bertz CT molecular complexity index is 466. The van der Waals surface area contributed by atoms with E-state index in [0.717, 1.165) is 37.4 Å². The average molecular weight is 261 g/mol. The number of carbonyl (C=O) groups excluding carboxylic acids is 1.